The summed E-state index contributed by atoms with van der Waals surface area (Å²) in [6.07, 6.45) is 0.170. The monoisotopic (exact) mass is 241 g/mol. The molecule has 0 aliphatic rings. The van der Waals surface area contributed by atoms with E-state index in [9.17, 15) is 4.79 Å². The van der Waals surface area contributed by atoms with E-state index in [-0.39, 0.29) is 6.42 Å². The van der Waals surface area contributed by atoms with Gasteiger partial charge in [-0.2, -0.15) is 0 Å². The van der Waals surface area contributed by atoms with Crippen LogP contribution >= 0.6 is 11.6 Å². The largest absolute Gasteiger partial charge is 0.481 e. The minimum absolute atomic E-state index is 0.170. The van der Waals surface area contributed by atoms with Crippen LogP contribution in [0.1, 0.15) is 17.5 Å². The quantitative estimate of drug-likeness (QED) is 0.861. The minimum Gasteiger partial charge on any atom is -0.481 e. The first-order valence-corrected chi connectivity index (χ1v) is 5.52. The number of aliphatic carboxylic acids is 1. The molecular weight excluding hydrogens is 226 g/mol. The summed E-state index contributed by atoms with van der Waals surface area (Å²) in [6.45, 7) is 3.26. The molecule has 3 nitrogen and oxygen atoms in total. The highest BCUT2D eigenvalue weighted by atomic mass is 35.5. The minimum atomic E-state index is -0.765. The Morgan fingerprint density at radius 1 is 1.50 bits per heavy atom. The summed E-state index contributed by atoms with van der Waals surface area (Å²) in [4.78, 5) is 12.4. The van der Waals surface area contributed by atoms with Crippen molar-refractivity contribution in [2.24, 2.45) is 0 Å². The molecule has 1 rings (SSSR count). The first-order valence-electron chi connectivity index (χ1n) is 5.14. The van der Waals surface area contributed by atoms with Gasteiger partial charge in [0.2, 0.25) is 0 Å². The van der Waals surface area contributed by atoms with Crippen LogP contribution in [0.4, 0.5) is 0 Å². The van der Waals surface area contributed by atoms with Gasteiger partial charge in [0, 0.05) is 18.1 Å². The maximum absolute atomic E-state index is 10.4. The van der Waals surface area contributed by atoms with Gasteiger partial charge in [0.05, 0.1) is 6.42 Å². The Bertz CT molecular complexity index is 379. The number of aryl methyl sites for hydroxylation is 1. The van der Waals surface area contributed by atoms with Crippen LogP contribution in [0.3, 0.4) is 0 Å². The molecule has 1 N–H and O–H groups in total. The zero-order valence-electron chi connectivity index (χ0n) is 9.53. The molecular formula is C12H16ClNO2. The van der Waals surface area contributed by atoms with Crippen molar-refractivity contribution in [2.75, 3.05) is 13.6 Å². The van der Waals surface area contributed by atoms with Crippen LogP contribution in [0, 0.1) is 6.92 Å². The molecule has 0 fully saturated rings. The van der Waals surface area contributed by atoms with Crippen molar-refractivity contribution < 1.29 is 9.90 Å². The zero-order valence-corrected chi connectivity index (χ0v) is 10.3. The Hall–Kier alpha value is -1.06. The lowest BCUT2D eigenvalue weighted by Crippen LogP contribution is -2.21. The van der Waals surface area contributed by atoms with Crippen molar-refractivity contribution in [3.63, 3.8) is 0 Å². The summed E-state index contributed by atoms with van der Waals surface area (Å²) in [5.41, 5.74) is 2.19. The van der Waals surface area contributed by atoms with Crippen molar-refractivity contribution >= 4 is 17.6 Å². The molecule has 0 amide bonds. The Kier molecular flexibility index (Phi) is 4.77. The topological polar surface area (TPSA) is 40.5 Å². The number of carboxylic acids is 1. The molecule has 0 saturated carbocycles. The van der Waals surface area contributed by atoms with Crippen molar-refractivity contribution in [3.05, 3.63) is 34.3 Å². The van der Waals surface area contributed by atoms with Gasteiger partial charge in [-0.25, -0.2) is 0 Å². The fraction of sp³-hybridized carbons (Fsp3) is 0.417. The summed E-state index contributed by atoms with van der Waals surface area (Å²) < 4.78 is 0. The highest BCUT2D eigenvalue weighted by molar-refractivity contribution is 6.31. The third-order valence-corrected chi connectivity index (χ3v) is 2.81. The molecule has 4 heteroatoms. The third kappa shape index (κ3) is 4.21. The van der Waals surface area contributed by atoms with E-state index in [1.54, 1.807) is 0 Å². The summed E-state index contributed by atoms with van der Waals surface area (Å²) >= 11 is 5.93. The van der Waals surface area contributed by atoms with E-state index in [2.05, 4.69) is 0 Å². The fourth-order valence-corrected chi connectivity index (χ4v) is 1.60. The lowest BCUT2D eigenvalue weighted by atomic mass is 10.1. The van der Waals surface area contributed by atoms with E-state index < -0.39 is 5.97 Å². The first kappa shape index (κ1) is 13.0. The number of halogens is 1. The van der Waals surface area contributed by atoms with Crippen LogP contribution in [0.25, 0.3) is 0 Å². The average molecular weight is 242 g/mol. The zero-order chi connectivity index (χ0) is 12.1. The summed E-state index contributed by atoms with van der Waals surface area (Å²) in [5.74, 6) is -0.765. The van der Waals surface area contributed by atoms with Gasteiger partial charge in [-0.05, 0) is 31.2 Å². The van der Waals surface area contributed by atoms with Gasteiger partial charge in [-0.1, -0.05) is 23.7 Å². The standard InChI is InChI=1S/C12H16ClNO2/c1-9-7-10(3-4-11(9)13)8-14(2)6-5-12(15)16/h3-4,7H,5-6,8H2,1-2H3,(H,15,16). The number of rotatable bonds is 5. The van der Waals surface area contributed by atoms with Gasteiger partial charge in [-0.3, -0.25) is 4.79 Å². The van der Waals surface area contributed by atoms with Crippen LogP contribution in [0.5, 0.6) is 0 Å². The molecule has 0 unspecified atom stereocenters. The molecule has 0 saturated heterocycles. The second kappa shape index (κ2) is 5.87. The van der Waals surface area contributed by atoms with Crippen LogP contribution in [-0.4, -0.2) is 29.6 Å². The van der Waals surface area contributed by atoms with Crippen molar-refractivity contribution in [1.29, 1.82) is 0 Å². The fourth-order valence-electron chi connectivity index (χ4n) is 1.48. The van der Waals surface area contributed by atoms with Gasteiger partial charge < -0.3 is 10.0 Å². The average Bonchev–Trinajstić information content (AvgIpc) is 2.21. The highest BCUT2D eigenvalue weighted by Crippen LogP contribution is 2.17. The summed E-state index contributed by atoms with van der Waals surface area (Å²) in [5, 5.41) is 9.33. The molecule has 0 aromatic heterocycles. The molecule has 0 radical (unpaired) electrons. The SMILES string of the molecule is Cc1cc(CN(C)CCC(=O)O)ccc1Cl. The van der Waals surface area contributed by atoms with Crippen molar-refractivity contribution in [1.82, 2.24) is 4.90 Å². The molecule has 1 aromatic carbocycles. The van der Waals surface area contributed by atoms with Crippen molar-refractivity contribution in [2.45, 2.75) is 19.9 Å². The Morgan fingerprint density at radius 3 is 2.75 bits per heavy atom. The second-order valence-electron chi connectivity index (χ2n) is 3.97. The Morgan fingerprint density at radius 2 is 2.19 bits per heavy atom. The third-order valence-electron chi connectivity index (χ3n) is 2.38. The summed E-state index contributed by atoms with van der Waals surface area (Å²) in [7, 11) is 1.91. The molecule has 16 heavy (non-hydrogen) atoms. The van der Waals surface area contributed by atoms with Crippen LogP contribution < -0.4 is 0 Å². The maximum atomic E-state index is 10.4. The number of nitrogens with zero attached hydrogens (tertiary/aromatic N) is 1. The van der Waals surface area contributed by atoms with E-state index in [1.807, 2.05) is 37.1 Å². The normalized spacial score (nSPS) is 10.8. The predicted octanol–water partition coefficient (Wildman–Crippen LogP) is 2.55. The molecule has 0 spiro atoms. The second-order valence-corrected chi connectivity index (χ2v) is 4.37. The highest BCUT2D eigenvalue weighted by Gasteiger charge is 2.04. The van der Waals surface area contributed by atoms with Crippen molar-refractivity contribution in [3.8, 4) is 0 Å². The van der Waals surface area contributed by atoms with Crippen LogP contribution in [-0.2, 0) is 11.3 Å². The van der Waals surface area contributed by atoms with Gasteiger partial charge in [0.15, 0.2) is 0 Å². The smallest absolute Gasteiger partial charge is 0.304 e. The maximum Gasteiger partial charge on any atom is 0.304 e. The Balaban J connectivity index is 2.52. The van der Waals surface area contributed by atoms with Gasteiger partial charge in [-0.15, -0.1) is 0 Å². The van der Waals surface area contributed by atoms with E-state index in [4.69, 9.17) is 16.7 Å². The lowest BCUT2D eigenvalue weighted by molar-refractivity contribution is -0.137. The lowest BCUT2D eigenvalue weighted by Gasteiger charge is -2.15. The van der Waals surface area contributed by atoms with Gasteiger partial charge in [0.25, 0.3) is 0 Å². The predicted molar refractivity (Wildman–Crippen MR) is 64.8 cm³/mol. The first-order chi connectivity index (χ1) is 7.49. The molecule has 88 valence electrons. The van der Waals surface area contributed by atoms with Gasteiger partial charge >= 0.3 is 5.97 Å². The van der Waals surface area contributed by atoms with Crippen LogP contribution in [0.15, 0.2) is 18.2 Å². The number of carbonyl (C=O) groups is 1. The van der Waals surface area contributed by atoms with E-state index in [0.717, 1.165) is 22.7 Å². The van der Waals surface area contributed by atoms with E-state index >= 15 is 0 Å². The number of hydrogen-bond donors (Lipinski definition) is 1. The molecule has 0 heterocycles. The molecule has 0 aliphatic carbocycles. The number of benzene rings is 1. The van der Waals surface area contributed by atoms with Crippen LogP contribution in [0.2, 0.25) is 5.02 Å². The Labute approximate surface area is 101 Å². The van der Waals surface area contributed by atoms with E-state index in [1.165, 1.54) is 0 Å². The number of carboxylic acid groups (broad SMARTS) is 1. The molecule has 1 aromatic rings. The number of hydrogen-bond acceptors (Lipinski definition) is 2. The van der Waals surface area contributed by atoms with E-state index in [0.29, 0.717) is 6.54 Å². The molecule has 0 atom stereocenters. The van der Waals surface area contributed by atoms with Gasteiger partial charge in [0.1, 0.15) is 0 Å². The summed E-state index contributed by atoms with van der Waals surface area (Å²) in [6, 6.07) is 5.86. The molecule has 0 bridgehead atoms. The molecule has 0 aliphatic heterocycles.